The van der Waals surface area contributed by atoms with Crippen LogP contribution in [0, 0.1) is 12.3 Å². The molecule has 3 aliphatic rings. The third-order valence-electron chi connectivity index (χ3n) is 5.66. The number of hydrogen-bond acceptors (Lipinski definition) is 5. The first kappa shape index (κ1) is 14.4. The molecule has 5 nitrogen and oxygen atoms in total. The van der Waals surface area contributed by atoms with Gasteiger partial charge >= 0.3 is 0 Å². The van der Waals surface area contributed by atoms with E-state index in [0.717, 1.165) is 37.8 Å². The fraction of sp³-hybridized carbons (Fsp3) is 0.765. The number of anilines is 1. The maximum Gasteiger partial charge on any atom is 0.151 e. The molecule has 4 rings (SSSR count). The van der Waals surface area contributed by atoms with Gasteiger partial charge in [0.1, 0.15) is 0 Å². The lowest BCUT2D eigenvalue weighted by Crippen LogP contribution is -2.46. The standard InChI is InChI=1S/C17H26N4O/c1-14-3-4-16(19-18-14)21-8-2-6-17(13-21)7-9-20(12-17)15-5-10-22-11-15/h3-4,15H,2,5-13H2,1H3. The van der Waals surface area contributed by atoms with Crippen molar-refractivity contribution in [1.82, 2.24) is 15.1 Å². The van der Waals surface area contributed by atoms with E-state index in [4.69, 9.17) is 4.74 Å². The van der Waals surface area contributed by atoms with Crippen molar-refractivity contribution in [3.63, 3.8) is 0 Å². The number of nitrogens with zero attached hydrogens (tertiary/aromatic N) is 4. The van der Waals surface area contributed by atoms with Crippen molar-refractivity contribution in [3.05, 3.63) is 17.8 Å². The van der Waals surface area contributed by atoms with Crippen molar-refractivity contribution in [2.45, 2.75) is 38.6 Å². The van der Waals surface area contributed by atoms with E-state index in [1.165, 1.54) is 38.8 Å². The predicted octanol–water partition coefficient (Wildman–Crippen LogP) is 1.87. The van der Waals surface area contributed by atoms with E-state index >= 15 is 0 Å². The van der Waals surface area contributed by atoms with Gasteiger partial charge < -0.3 is 9.64 Å². The zero-order valence-electron chi connectivity index (χ0n) is 13.5. The van der Waals surface area contributed by atoms with Crippen LogP contribution < -0.4 is 4.90 Å². The number of ether oxygens (including phenoxy) is 1. The molecule has 3 saturated heterocycles. The van der Waals surface area contributed by atoms with Crippen molar-refractivity contribution in [2.75, 3.05) is 44.3 Å². The summed E-state index contributed by atoms with van der Waals surface area (Å²) in [6, 6.07) is 4.85. The highest BCUT2D eigenvalue weighted by atomic mass is 16.5. The maximum absolute atomic E-state index is 5.58. The average molecular weight is 302 g/mol. The van der Waals surface area contributed by atoms with Crippen LogP contribution in [0.3, 0.4) is 0 Å². The lowest BCUT2D eigenvalue weighted by atomic mass is 9.79. The fourth-order valence-corrected chi connectivity index (χ4v) is 4.39. The Morgan fingerprint density at radius 2 is 2.14 bits per heavy atom. The molecular weight excluding hydrogens is 276 g/mol. The van der Waals surface area contributed by atoms with Gasteiger partial charge in [0.15, 0.2) is 5.82 Å². The average Bonchev–Trinajstić information content (AvgIpc) is 3.18. The molecule has 1 aromatic heterocycles. The molecule has 0 saturated carbocycles. The number of piperidine rings is 1. The molecule has 0 aliphatic carbocycles. The number of aryl methyl sites for hydroxylation is 1. The summed E-state index contributed by atoms with van der Waals surface area (Å²) in [5, 5.41) is 8.62. The van der Waals surface area contributed by atoms with Crippen LogP contribution in [0.25, 0.3) is 0 Å². The van der Waals surface area contributed by atoms with Crippen molar-refractivity contribution in [1.29, 1.82) is 0 Å². The Bertz CT molecular complexity index is 514. The van der Waals surface area contributed by atoms with E-state index in [2.05, 4.69) is 32.1 Å². The topological polar surface area (TPSA) is 41.5 Å². The Morgan fingerprint density at radius 1 is 1.18 bits per heavy atom. The third kappa shape index (κ3) is 2.72. The Hall–Kier alpha value is -1.20. The SMILES string of the molecule is Cc1ccc(N2CCCC3(CCN(C4CCOC4)C3)C2)nn1. The smallest absolute Gasteiger partial charge is 0.151 e. The second-order valence-corrected chi connectivity index (χ2v) is 7.30. The first-order chi connectivity index (χ1) is 10.7. The van der Waals surface area contributed by atoms with Crippen LogP contribution in [0.4, 0.5) is 5.82 Å². The summed E-state index contributed by atoms with van der Waals surface area (Å²) in [4.78, 5) is 5.13. The van der Waals surface area contributed by atoms with E-state index in [1.807, 2.05) is 6.92 Å². The molecule has 5 heteroatoms. The summed E-state index contributed by atoms with van der Waals surface area (Å²) in [5.41, 5.74) is 1.44. The summed E-state index contributed by atoms with van der Waals surface area (Å²) in [5.74, 6) is 1.05. The summed E-state index contributed by atoms with van der Waals surface area (Å²) >= 11 is 0. The van der Waals surface area contributed by atoms with Gasteiger partial charge in [-0.25, -0.2) is 0 Å². The Morgan fingerprint density at radius 3 is 2.91 bits per heavy atom. The molecule has 0 bridgehead atoms. The van der Waals surface area contributed by atoms with Gasteiger partial charge in [-0.15, -0.1) is 5.10 Å². The van der Waals surface area contributed by atoms with Crippen LogP contribution >= 0.6 is 0 Å². The molecule has 4 heterocycles. The van der Waals surface area contributed by atoms with Crippen molar-refractivity contribution in [3.8, 4) is 0 Å². The molecule has 0 amide bonds. The molecule has 3 fully saturated rings. The highest BCUT2D eigenvalue weighted by Gasteiger charge is 2.43. The van der Waals surface area contributed by atoms with Crippen LogP contribution in [0.2, 0.25) is 0 Å². The van der Waals surface area contributed by atoms with Crippen LogP contribution in [0.1, 0.15) is 31.4 Å². The minimum atomic E-state index is 0.452. The summed E-state index contributed by atoms with van der Waals surface area (Å²) in [6.45, 7) is 8.59. The van der Waals surface area contributed by atoms with Crippen molar-refractivity contribution >= 4 is 5.82 Å². The first-order valence-electron chi connectivity index (χ1n) is 8.61. The second kappa shape index (κ2) is 5.78. The fourth-order valence-electron chi connectivity index (χ4n) is 4.39. The lowest BCUT2D eigenvalue weighted by Gasteiger charge is -2.41. The number of rotatable bonds is 2. The lowest BCUT2D eigenvalue weighted by molar-refractivity contribution is 0.144. The molecule has 2 unspecified atom stereocenters. The number of likely N-dealkylation sites (tertiary alicyclic amines) is 1. The molecule has 3 aliphatic heterocycles. The quantitative estimate of drug-likeness (QED) is 0.834. The first-order valence-corrected chi connectivity index (χ1v) is 8.61. The van der Waals surface area contributed by atoms with E-state index in [9.17, 15) is 0 Å². The van der Waals surface area contributed by atoms with Crippen LogP contribution in [-0.2, 0) is 4.74 Å². The van der Waals surface area contributed by atoms with E-state index < -0.39 is 0 Å². The number of hydrogen-bond donors (Lipinski definition) is 0. The number of aromatic nitrogens is 2. The van der Waals surface area contributed by atoms with Gasteiger partial charge in [-0.1, -0.05) is 0 Å². The largest absolute Gasteiger partial charge is 0.380 e. The van der Waals surface area contributed by atoms with E-state index in [-0.39, 0.29) is 0 Å². The zero-order chi connectivity index (χ0) is 15.0. The molecule has 1 spiro atoms. The van der Waals surface area contributed by atoms with Crippen molar-refractivity contribution < 1.29 is 4.74 Å². The summed E-state index contributed by atoms with van der Waals surface area (Å²) in [7, 11) is 0. The molecule has 0 N–H and O–H groups in total. The Kier molecular flexibility index (Phi) is 3.78. The third-order valence-corrected chi connectivity index (χ3v) is 5.66. The minimum absolute atomic E-state index is 0.452. The van der Waals surface area contributed by atoms with E-state index in [1.54, 1.807) is 0 Å². The zero-order valence-corrected chi connectivity index (χ0v) is 13.5. The minimum Gasteiger partial charge on any atom is -0.380 e. The molecule has 0 radical (unpaired) electrons. The Balaban J connectivity index is 1.45. The molecule has 2 atom stereocenters. The molecule has 22 heavy (non-hydrogen) atoms. The monoisotopic (exact) mass is 302 g/mol. The molecule has 0 aromatic carbocycles. The molecule has 1 aromatic rings. The van der Waals surface area contributed by atoms with Gasteiger partial charge in [0, 0.05) is 37.7 Å². The predicted molar refractivity (Wildman–Crippen MR) is 86.1 cm³/mol. The second-order valence-electron chi connectivity index (χ2n) is 7.30. The Labute approximate surface area is 132 Å². The highest BCUT2D eigenvalue weighted by molar-refractivity contribution is 5.38. The van der Waals surface area contributed by atoms with E-state index in [0.29, 0.717) is 11.5 Å². The molecular formula is C17H26N4O. The van der Waals surface area contributed by atoms with Crippen LogP contribution in [0.15, 0.2) is 12.1 Å². The van der Waals surface area contributed by atoms with Gasteiger partial charge in [0.2, 0.25) is 0 Å². The highest BCUT2D eigenvalue weighted by Crippen LogP contribution is 2.41. The normalized spacial score (nSPS) is 33.0. The molecule has 120 valence electrons. The van der Waals surface area contributed by atoms with Crippen molar-refractivity contribution in [2.24, 2.45) is 5.41 Å². The summed E-state index contributed by atoms with van der Waals surface area (Å²) in [6.07, 6.45) is 5.15. The maximum atomic E-state index is 5.58. The van der Waals surface area contributed by atoms with Crippen LogP contribution in [0.5, 0.6) is 0 Å². The van der Waals surface area contributed by atoms with Gasteiger partial charge in [0.25, 0.3) is 0 Å². The van der Waals surface area contributed by atoms with Gasteiger partial charge in [-0.05, 0) is 51.3 Å². The van der Waals surface area contributed by atoms with Gasteiger partial charge in [0.05, 0.1) is 12.3 Å². The van der Waals surface area contributed by atoms with Crippen LogP contribution in [-0.4, -0.2) is 60.5 Å². The van der Waals surface area contributed by atoms with Gasteiger partial charge in [-0.2, -0.15) is 5.10 Å². The van der Waals surface area contributed by atoms with Gasteiger partial charge in [-0.3, -0.25) is 4.90 Å². The summed E-state index contributed by atoms with van der Waals surface area (Å²) < 4.78 is 5.58.